The molecule has 0 saturated heterocycles. The number of benzene rings is 1. The van der Waals surface area contributed by atoms with Gasteiger partial charge >= 0.3 is 0 Å². The van der Waals surface area contributed by atoms with Gasteiger partial charge in [-0.2, -0.15) is 0 Å². The molecule has 1 aromatic heterocycles. The molecule has 112 valence electrons. The molecule has 0 fully saturated rings. The molecule has 1 aliphatic carbocycles. The molecule has 1 heterocycles. The van der Waals surface area contributed by atoms with E-state index in [-0.39, 0.29) is 0 Å². The van der Waals surface area contributed by atoms with Crippen LogP contribution in [-0.2, 0) is 12.8 Å². The summed E-state index contributed by atoms with van der Waals surface area (Å²) in [7, 11) is 1.69. The Morgan fingerprint density at radius 3 is 3.05 bits per heavy atom. The number of aliphatic hydroxyl groups excluding tert-OH is 1. The quantitative estimate of drug-likeness (QED) is 0.887. The lowest BCUT2D eigenvalue weighted by molar-refractivity contribution is 0.142. The first-order valence-electron chi connectivity index (χ1n) is 7.37. The van der Waals surface area contributed by atoms with E-state index < -0.39 is 6.10 Å². The molecule has 1 aromatic carbocycles. The van der Waals surface area contributed by atoms with Gasteiger partial charge in [0, 0.05) is 12.6 Å². The number of fused-ring (bicyclic) bond motifs is 1. The van der Waals surface area contributed by atoms with Crippen molar-refractivity contribution >= 4 is 0 Å². The Morgan fingerprint density at radius 2 is 2.29 bits per heavy atom. The Bertz CT molecular complexity index is 580. The van der Waals surface area contributed by atoms with E-state index >= 15 is 0 Å². The van der Waals surface area contributed by atoms with Crippen molar-refractivity contribution in [2.24, 2.45) is 0 Å². The molecule has 1 aliphatic rings. The molecule has 4 nitrogen and oxygen atoms in total. The lowest BCUT2D eigenvalue weighted by Crippen LogP contribution is -2.37. The van der Waals surface area contributed by atoms with Crippen molar-refractivity contribution in [3.05, 3.63) is 53.5 Å². The largest absolute Gasteiger partial charge is 0.497 e. The lowest BCUT2D eigenvalue weighted by Gasteiger charge is -2.26. The lowest BCUT2D eigenvalue weighted by atomic mass is 9.88. The van der Waals surface area contributed by atoms with Crippen LogP contribution in [0, 0.1) is 0 Å². The molecular formula is C17H21NO3. The van der Waals surface area contributed by atoms with Crippen LogP contribution in [0.25, 0.3) is 0 Å². The molecule has 0 radical (unpaired) electrons. The number of aliphatic hydroxyl groups is 1. The zero-order chi connectivity index (χ0) is 14.7. The highest BCUT2D eigenvalue weighted by molar-refractivity contribution is 5.37. The molecule has 0 spiro atoms. The molecule has 4 heteroatoms. The van der Waals surface area contributed by atoms with Crippen LogP contribution in [0.2, 0.25) is 0 Å². The molecule has 2 atom stereocenters. The van der Waals surface area contributed by atoms with Crippen LogP contribution in [0.4, 0.5) is 0 Å². The first kappa shape index (κ1) is 14.2. The van der Waals surface area contributed by atoms with E-state index in [1.807, 2.05) is 6.07 Å². The van der Waals surface area contributed by atoms with E-state index in [9.17, 15) is 5.11 Å². The normalized spacial score (nSPS) is 19.0. The van der Waals surface area contributed by atoms with E-state index in [0.717, 1.165) is 25.0 Å². The summed E-state index contributed by atoms with van der Waals surface area (Å²) >= 11 is 0. The Labute approximate surface area is 124 Å². The number of furan rings is 1. The smallest absolute Gasteiger partial charge is 0.133 e. The summed E-state index contributed by atoms with van der Waals surface area (Å²) in [6.07, 6.45) is 4.11. The Kier molecular flexibility index (Phi) is 4.27. The van der Waals surface area contributed by atoms with E-state index in [1.54, 1.807) is 25.5 Å². The van der Waals surface area contributed by atoms with Gasteiger partial charge in [-0.1, -0.05) is 6.07 Å². The fourth-order valence-corrected chi connectivity index (χ4v) is 2.89. The second kappa shape index (κ2) is 6.33. The van der Waals surface area contributed by atoms with Crippen LogP contribution >= 0.6 is 0 Å². The highest BCUT2D eigenvalue weighted by atomic mass is 16.5. The summed E-state index contributed by atoms with van der Waals surface area (Å²) in [5, 5.41) is 13.5. The number of hydrogen-bond acceptors (Lipinski definition) is 4. The number of aryl methyl sites for hydroxylation is 1. The maximum absolute atomic E-state index is 10.0. The fourth-order valence-electron chi connectivity index (χ4n) is 2.89. The van der Waals surface area contributed by atoms with Crippen LogP contribution in [-0.4, -0.2) is 24.8 Å². The van der Waals surface area contributed by atoms with Crippen LogP contribution in [0.3, 0.4) is 0 Å². The Morgan fingerprint density at radius 1 is 1.38 bits per heavy atom. The molecule has 2 aromatic rings. The minimum atomic E-state index is -0.591. The summed E-state index contributed by atoms with van der Waals surface area (Å²) in [4.78, 5) is 0. The number of ether oxygens (including phenoxy) is 1. The second-order valence-corrected chi connectivity index (χ2v) is 5.51. The average Bonchev–Trinajstić information content (AvgIpc) is 3.06. The highest BCUT2D eigenvalue weighted by Gasteiger charge is 2.20. The third-order valence-electron chi connectivity index (χ3n) is 4.11. The van der Waals surface area contributed by atoms with Gasteiger partial charge in [0.1, 0.15) is 17.6 Å². The number of hydrogen-bond donors (Lipinski definition) is 2. The predicted molar refractivity (Wildman–Crippen MR) is 80.5 cm³/mol. The molecule has 0 amide bonds. The van der Waals surface area contributed by atoms with Crippen LogP contribution in [0.1, 0.15) is 29.4 Å². The monoisotopic (exact) mass is 287 g/mol. The standard InChI is InChI=1S/C17H21NO3/c1-20-15-7-5-12-4-6-14(9-13(12)10-15)18-11-16(19)17-3-2-8-21-17/h2-3,5,7-8,10,14,16,18-19H,4,6,9,11H2,1H3/t14-,16-/m0/s1. The van der Waals surface area contributed by atoms with E-state index in [2.05, 4.69) is 17.4 Å². The number of rotatable bonds is 5. The topological polar surface area (TPSA) is 54.6 Å². The SMILES string of the molecule is COc1ccc2c(c1)C[C@@H](NC[C@H](O)c1ccco1)CC2. The highest BCUT2D eigenvalue weighted by Crippen LogP contribution is 2.25. The zero-order valence-electron chi connectivity index (χ0n) is 12.2. The molecule has 0 unspecified atom stereocenters. The van der Waals surface area contributed by atoms with Crippen LogP contribution < -0.4 is 10.1 Å². The first-order valence-corrected chi connectivity index (χ1v) is 7.37. The summed E-state index contributed by atoms with van der Waals surface area (Å²) in [5.74, 6) is 1.52. The van der Waals surface area contributed by atoms with E-state index in [4.69, 9.17) is 9.15 Å². The van der Waals surface area contributed by atoms with Gasteiger partial charge in [-0.05, 0) is 54.7 Å². The van der Waals surface area contributed by atoms with Crippen molar-refractivity contribution in [1.82, 2.24) is 5.32 Å². The maximum atomic E-state index is 10.0. The van der Waals surface area contributed by atoms with Crippen molar-refractivity contribution in [1.29, 1.82) is 0 Å². The van der Waals surface area contributed by atoms with Gasteiger partial charge < -0.3 is 19.6 Å². The number of methoxy groups -OCH3 is 1. The molecule has 0 saturated carbocycles. The van der Waals surface area contributed by atoms with Gasteiger partial charge in [-0.3, -0.25) is 0 Å². The minimum absolute atomic E-state index is 0.384. The van der Waals surface area contributed by atoms with Gasteiger partial charge in [-0.25, -0.2) is 0 Å². The number of nitrogens with one attached hydrogen (secondary N) is 1. The van der Waals surface area contributed by atoms with Crippen molar-refractivity contribution in [3.63, 3.8) is 0 Å². The molecular weight excluding hydrogens is 266 g/mol. The Balaban J connectivity index is 1.58. The Hall–Kier alpha value is -1.78. The molecule has 21 heavy (non-hydrogen) atoms. The van der Waals surface area contributed by atoms with Crippen molar-refractivity contribution in [2.75, 3.05) is 13.7 Å². The molecule has 0 aliphatic heterocycles. The summed E-state index contributed by atoms with van der Waals surface area (Å²) < 4.78 is 10.5. The molecule has 2 N–H and O–H groups in total. The first-order chi connectivity index (χ1) is 10.3. The summed E-state index contributed by atoms with van der Waals surface area (Å²) in [6, 6.07) is 10.3. The third-order valence-corrected chi connectivity index (χ3v) is 4.11. The van der Waals surface area contributed by atoms with Crippen molar-refractivity contribution in [3.8, 4) is 5.75 Å². The van der Waals surface area contributed by atoms with Gasteiger partial charge in [0.25, 0.3) is 0 Å². The fraction of sp³-hybridized carbons (Fsp3) is 0.412. The van der Waals surface area contributed by atoms with E-state index in [1.165, 1.54) is 11.1 Å². The minimum Gasteiger partial charge on any atom is -0.497 e. The van der Waals surface area contributed by atoms with Gasteiger partial charge in [0.05, 0.1) is 13.4 Å². The molecule has 3 rings (SSSR count). The summed E-state index contributed by atoms with van der Waals surface area (Å²) in [5.41, 5.74) is 2.74. The third kappa shape index (κ3) is 3.28. The van der Waals surface area contributed by atoms with Crippen molar-refractivity contribution < 1.29 is 14.3 Å². The van der Waals surface area contributed by atoms with Gasteiger partial charge in [0.2, 0.25) is 0 Å². The van der Waals surface area contributed by atoms with Gasteiger partial charge in [-0.15, -0.1) is 0 Å². The van der Waals surface area contributed by atoms with Gasteiger partial charge in [0.15, 0.2) is 0 Å². The average molecular weight is 287 g/mol. The zero-order valence-corrected chi connectivity index (χ0v) is 12.2. The molecule has 0 bridgehead atoms. The van der Waals surface area contributed by atoms with Crippen LogP contribution in [0.15, 0.2) is 41.0 Å². The van der Waals surface area contributed by atoms with Crippen molar-refractivity contribution in [2.45, 2.75) is 31.4 Å². The second-order valence-electron chi connectivity index (χ2n) is 5.51. The summed E-state index contributed by atoms with van der Waals surface area (Å²) in [6.45, 7) is 0.511. The maximum Gasteiger partial charge on any atom is 0.133 e. The van der Waals surface area contributed by atoms with E-state index in [0.29, 0.717) is 18.3 Å². The predicted octanol–water partition coefficient (Wildman–Crippen LogP) is 2.47. The van der Waals surface area contributed by atoms with Crippen LogP contribution in [0.5, 0.6) is 5.75 Å².